The van der Waals surface area contributed by atoms with Crippen LogP contribution in [0.2, 0.25) is 0 Å². The van der Waals surface area contributed by atoms with Crippen molar-refractivity contribution in [3.8, 4) is 0 Å². The Labute approximate surface area is 149 Å². The van der Waals surface area contributed by atoms with E-state index in [0.29, 0.717) is 5.92 Å². The monoisotopic (exact) mass is 338 g/mol. The fraction of sp³-hybridized carbons (Fsp3) is 0.450. The van der Waals surface area contributed by atoms with E-state index in [1.165, 1.54) is 5.56 Å². The van der Waals surface area contributed by atoms with Gasteiger partial charge in [-0.25, -0.2) is 0 Å². The molecule has 2 aromatic heterocycles. The molecule has 2 aromatic rings. The summed E-state index contributed by atoms with van der Waals surface area (Å²) in [6.45, 7) is 5.57. The number of amides is 1. The summed E-state index contributed by atoms with van der Waals surface area (Å²) in [5.41, 5.74) is 2.21. The van der Waals surface area contributed by atoms with Gasteiger partial charge in [0.1, 0.15) is 0 Å². The van der Waals surface area contributed by atoms with Gasteiger partial charge in [0.2, 0.25) is 5.91 Å². The van der Waals surface area contributed by atoms with Gasteiger partial charge in [0, 0.05) is 51.0 Å². The van der Waals surface area contributed by atoms with Crippen LogP contribution < -0.4 is 0 Å². The minimum atomic E-state index is -0.124. The lowest BCUT2D eigenvalue weighted by molar-refractivity contribution is -0.131. The fourth-order valence-corrected chi connectivity index (χ4v) is 3.54. The van der Waals surface area contributed by atoms with Crippen molar-refractivity contribution in [2.24, 2.45) is 5.92 Å². The topological polar surface area (TPSA) is 49.3 Å². The van der Waals surface area contributed by atoms with Gasteiger partial charge in [-0.05, 0) is 49.6 Å². The van der Waals surface area contributed by atoms with E-state index in [2.05, 4.69) is 28.0 Å². The van der Waals surface area contributed by atoms with Crippen molar-refractivity contribution in [1.82, 2.24) is 19.8 Å². The van der Waals surface area contributed by atoms with Crippen LogP contribution in [0.15, 0.2) is 49.1 Å². The number of hydrogen-bond acceptors (Lipinski definition) is 4. The van der Waals surface area contributed by atoms with Crippen LogP contribution in [0.3, 0.4) is 0 Å². The van der Waals surface area contributed by atoms with E-state index in [1.807, 2.05) is 36.2 Å². The summed E-state index contributed by atoms with van der Waals surface area (Å²) in [6.07, 6.45) is 8.31. The molecular formula is C20H26N4O. The first-order valence-electron chi connectivity index (χ1n) is 8.89. The van der Waals surface area contributed by atoms with Gasteiger partial charge in [0.15, 0.2) is 0 Å². The van der Waals surface area contributed by atoms with Crippen LogP contribution in [0.4, 0.5) is 0 Å². The minimum Gasteiger partial charge on any atom is -0.342 e. The molecule has 0 N–H and O–H groups in total. The van der Waals surface area contributed by atoms with E-state index in [-0.39, 0.29) is 11.8 Å². The summed E-state index contributed by atoms with van der Waals surface area (Å²) in [5, 5.41) is 0. The molecule has 0 bridgehead atoms. The lowest BCUT2D eigenvalue weighted by Gasteiger charge is -2.23. The predicted octanol–water partition coefficient (Wildman–Crippen LogP) is 2.56. The number of pyridine rings is 2. The molecule has 5 nitrogen and oxygen atoms in total. The highest BCUT2D eigenvalue weighted by molar-refractivity contribution is 5.83. The summed E-state index contributed by atoms with van der Waals surface area (Å²) in [4.78, 5) is 25.4. The molecule has 0 aliphatic carbocycles. The molecule has 1 fully saturated rings. The number of hydrogen-bond donors (Lipinski definition) is 0. The molecule has 1 saturated heterocycles. The van der Waals surface area contributed by atoms with Gasteiger partial charge in [-0.15, -0.1) is 0 Å². The first kappa shape index (κ1) is 17.5. The van der Waals surface area contributed by atoms with E-state index in [9.17, 15) is 4.79 Å². The molecule has 1 aliphatic heterocycles. The van der Waals surface area contributed by atoms with E-state index in [4.69, 9.17) is 0 Å². The lowest BCUT2D eigenvalue weighted by atomic mass is 10.0. The molecule has 5 heteroatoms. The van der Waals surface area contributed by atoms with E-state index < -0.39 is 0 Å². The highest BCUT2D eigenvalue weighted by Crippen LogP contribution is 2.23. The molecule has 2 atom stereocenters. The smallest absolute Gasteiger partial charge is 0.229 e. The Hall–Kier alpha value is -2.27. The Kier molecular flexibility index (Phi) is 5.76. The zero-order chi connectivity index (χ0) is 17.6. The second-order valence-electron chi connectivity index (χ2n) is 7.01. The first-order chi connectivity index (χ1) is 12.1. The zero-order valence-electron chi connectivity index (χ0n) is 15.0. The summed E-state index contributed by atoms with van der Waals surface area (Å²) < 4.78 is 0. The number of nitrogens with zero attached hydrogens (tertiary/aromatic N) is 4. The van der Waals surface area contributed by atoms with Crippen LogP contribution >= 0.6 is 0 Å². The molecule has 1 amide bonds. The van der Waals surface area contributed by atoms with Crippen molar-refractivity contribution in [2.45, 2.75) is 25.8 Å². The van der Waals surface area contributed by atoms with Crippen LogP contribution in [0.25, 0.3) is 0 Å². The fourth-order valence-electron chi connectivity index (χ4n) is 3.54. The van der Waals surface area contributed by atoms with Crippen molar-refractivity contribution in [1.29, 1.82) is 0 Å². The van der Waals surface area contributed by atoms with Crippen LogP contribution in [0.1, 0.15) is 30.4 Å². The van der Waals surface area contributed by atoms with Crippen LogP contribution in [-0.4, -0.2) is 52.4 Å². The average molecular weight is 338 g/mol. The zero-order valence-corrected chi connectivity index (χ0v) is 15.0. The molecule has 0 aromatic carbocycles. The van der Waals surface area contributed by atoms with Crippen molar-refractivity contribution in [2.75, 3.05) is 26.7 Å². The molecule has 3 heterocycles. The van der Waals surface area contributed by atoms with Crippen molar-refractivity contribution >= 4 is 5.91 Å². The van der Waals surface area contributed by atoms with Gasteiger partial charge in [-0.3, -0.25) is 14.8 Å². The molecule has 0 radical (unpaired) electrons. The Morgan fingerprint density at radius 3 is 2.72 bits per heavy atom. The van der Waals surface area contributed by atoms with Gasteiger partial charge in [0.05, 0.1) is 5.92 Å². The molecule has 1 aliphatic rings. The quantitative estimate of drug-likeness (QED) is 0.812. The normalized spacial score (nSPS) is 18.5. The van der Waals surface area contributed by atoms with E-state index >= 15 is 0 Å². The van der Waals surface area contributed by atoms with Gasteiger partial charge in [-0.1, -0.05) is 12.1 Å². The number of rotatable bonds is 6. The maximum absolute atomic E-state index is 12.7. The Bertz CT molecular complexity index is 677. The molecular weight excluding hydrogens is 312 g/mol. The summed E-state index contributed by atoms with van der Waals surface area (Å²) in [6, 6.07) is 7.94. The second-order valence-corrected chi connectivity index (χ2v) is 7.01. The number of aromatic nitrogens is 2. The van der Waals surface area contributed by atoms with Crippen LogP contribution in [0.5, 0.6) is 0 Å². The van der Waals surface area contributed by atoms with Crippen molar-refractivity contribution in [3.05, 3.63) is 60.2 Å². The highest BCUT2D eigenvalue weighted by Gasteiger charge is 2.30. The molecule has 3 rings (SSSR count). The number of likely N-dealkylation sites (tertiary alicyclic amines) is 1. The SMILES string of the molecule is CC(C(=O)N1CCC(CN(C)Cc2cccnc2)C1)c1cccnc1. The van der Waals surface area contributed by atoms with Crippen molar-refractivity contribution in [3.63, 3.8) is 0 Å². The maximum atomic E-state index is 12.7. The van der Waals surface area contributed by atoms with Gasteiger partial charge in [0.25, 0.3) is 0 Å². The molecule has 25 heavy (non-hydrogen) atoms. The maximum Gasteiger partial charge on any atom is 0.229 e. The van der Waals surface area contributed by atoms with Crippen LogP contribution in [-0.2, 0) is 11.3 Å². The lowest BCUT2D eigenvalue weighted by Crippen LogP contribution is -2.34. The van der Waals surface area contributed by atoms with Gasteiger partial charge >= 0.3 is 0 Å². The number of carbonyl (C=O) groups is 1. The first-order valence-corrected chi connectivity index (χ1v) is 8.89. The standard InChI is InChI=1S/C20H26N4O/c1-16(19-6-4-9-22-12-19)20(25)24-10-7-18(15-24)14-23(2)13-17-5-3-8-21-11-17/h3-6,8-9,11-12,16,18H,7,10,13-15H2,1-2H3. The molecule has 2 unspecified atom stereocenters. The third kappa shape index (κ3) is 4.63. The van der Waals surface area contributed by atoms with E-state index in [0.717, 1.165) is 38.2 Å². The predicted molar refractivity (Wildman–Crippen MR) is 97.9 cm³/mol. The third-order valence-electron chi connectivity index (χ3n) is 4.90. The molecule has 0 spiro atoms. The minimum absolute atomic E-state index is 0.124. The summed E-state index contributed by atoms with van der Waals surface area (Å²) >= 11 is 0. The molecule has 132 valence electrons. The second kappa shape index (κ2) is 8.21. The van der Waals surface area contributed by atoms with Gasteiger partial charge < -0.3 is 9.80 Å². The summed E-state index contributed by atoms with van der Waals surface area (Å²) in [5.74, 6) is 0.623. The number of carbonyl (C=O) groups excluding carboxylic acids is 1. The average Bonchev–Trinajstić information content (AvgIpc) is 3.10. The van der Waals surface area contributed by atoms with Crippen molar-refractivity contribution < 1.29 is 4.79 Å². The Morgan fingerprint density at radius 1 is 1.28 bits per heavy atom. The largest absolute Gasteiger partial charge is 0.342 e. The van der Waals surface area contributed by atoms with Gasteiger partial charge in [-0.2, -0.15) is 0 Å². The van der Waals surface area contributed by atoms with E-state index in [1.54, 1.807) is 18.6 Å². The summed E-state index contributed by atoms with van der Waals surface area (Å²) in [7, 11) is 2.13. The third-order valence-corrected chi connectivity index (χ3v) is 4.90. The molecule has 0 saturated carbocycles. The Balaban J connectivity index is 1.50. The van der Waals surface area contributed by atoms with Crippen LogP contribution in [0, 0.1) is 5.92 Å². The Morgan fingerprint density at radius 2 is 2.04 bits per heavy atom. The highest BCUT2D eigenvalue weighted by atomic mass is 16.2.